The molecule has 1 saturated heterocycles. The summed E-state index contributed by atoms with van der Waals surface area (Å²) >= 11 is 6.37. The van der Waals surface area contributed by atoms with Gasteiger partial charge in [-0.2, -0.15) is 0 Å². The average molecular weight is 393 g/mol. The van der Waals surface area contributed by atoms with Gasteiger partial charge < -0.3 is 19.9 Å². The molecule has 0 saturated carbocycles. The fraction of sp³-hybridized carbons (Fsp3) is 0.500. The highest BCUT2D eigenvalue weighted by atomic mass is 35.5. The number of nitrogens with one attached hydrogen (secondary N) is 1. The number of aromatic nitrogens is 1. The Morgan fingerprint density at radius 1 is 1.37 bits per heavy atom. The highest BCUT2D eigenvalue weighted by Gasteiger charge is 2.40. The smallest absolute Gasteiger partial charge is 0.311 e. The Bertz CT molecular complexity index is 821. The molecule has 1 atom stereocenters. The van der Waals surface area contributed by atoms with Gasteiger partial charge in [0, 0.05) is 17.1 Å². The average Bonchev–Trinajstić information content (AvgIpc) is 2.71. The number of hydrogen-bond acceptors (Lipinski definition) is 6. The molecule has 0 unspecified atom stereocenters. The topological polar surface area (TPSA) is 80.7 Å². The quantitative estimate of drug-likeness (QED) is 0.734. The second-order valence-electron chi connectivity index (χ2n) is 6.98. The van der Waals surface area contributed by atoms with Crippen LogP contribution in [0, 0.1) is 5.41 Å². The first kappa shape index (κ1) is 19.9. The van der Waals surface area contributed by atoms with Crippen LogP contribution in [0.25, 0.3) is 10.9 Å². The number of aliphatic hydroxyl groups is 1. The zero-order chi connectivity index (χ0) is 19.4. The van der Waals surface area contributed by atoms with Crippen LogP contribution >= 0.6 is 11.6 Å². The molecule has 2 aromatic rings. The number of aliphatic hydroxyl groups excluding tert-OH is 1. The van der Waals surface area contributed by atoms with Gasteiger partial charge in [-0.3, -0.25) is 9.78 Å². The summed E-state index contributed by atoms with van der Waals surface area (Å²) in [6, 6.07) is 5.48. The van der Waals surface area contributed by atoms with E-state index in [9.17, 15) is 9.90 Å². The number of pyridine rings is 1. The van der Waals surface area contributed by atoms with Crippen molar-refractivity contribution in [2.24, 2.45) is 5.41 Å². The largest absolute Gasteiger partial charge is 0.497 e. The maximum atomic E-state index is 12.4. The highest BCUT2D eigenvalue weighted by molar-refractivity contribution is 6.32. The Hall–Kier alpha value is -1.89. The molecular formula is C20H25ClN2O4. The Morgan fingerprint density at radius 2 is 2.11 bits per heavy atom. The number of rotatable bonds is 6. The number of carbonyl (C=O) groups excluding carboxylic acids is 1. The van der Waals surface area contributed by atoms with Crippen molar-refractivity contribution in [3.05, 3.63) is 35.0 Å². The van der Waals surface area contributed by atoms with Crippen LogP contribution in [-0.2, 0) is 9.53 Å². The Kier molecular flexibility index (Phi) is 6.19. The van der Waals surface area contributed by atoms with E-state index >= 15 is 0 Å². The van der Waals surface area contributed by atoms with Gasteiger partial charge >= 0.3 is 5.97 Å². The standard InChI is InChI=1S/C20H25ClN2O4/c1-26-13-3-4-16-14(11-13)18(15(21)12-23-16)17(24)5-6-20(19(25)27-2)7-9-22-10-8-20/h3-4,11-12,17,22,24H,5-10H2,1-2H3/t17-/m1/s1. The van der Waals surface area contributed by atoms with E-state index in [1.165, 1.54) is 7.11 Å². The molecule has 0 aliphatic carbocycles. The molecule has 1 aromatic carbocycles. The SMILES string of the molecule is COC(=O)C1(CC[C@@H](O)c2c(Cl)cnc3ccc(OC)cc23)CCNCC1. The molecule has 2 heterocycles. The van der Waals surface area contributed by atoms with E-state index in [-0.39, 0.29) is 5.97 Å². The van der Waals surface area contributed by atoms with Crippen molar-refractivity contribution in [2.75, 3.05) is 27.3 Å². The van der Waals surface area contributed by atoms with Gasteiger partial charge in [-0.25, -0.2) is 0 Å². The first-order valence-corrected chi connectivity index (χ1v) is 9.48. The molecule has 0 amide bonds. The van der Waals surface area contributed by atoms with Crippen LogP contribution in [-0.4, -0.2) is 43.4 Å². The number of ether oxygens (including phenoxy) is 2. The summed E-state index contributed by atoms with van der Waals surface area (Å²) in [6.07, 6.45) is 3.08. The summed E-state index contributed by atoms with van der Waals surface area (Å²) in [7, 11) is 3.01. The highest BCUT2D eigenvalue weighted by Crippen LogP contribution is 2.40. The van der Waals surface area contributed by atoms with Crippen LogP contribution < -0.4 is 10.1 Å². The minimum atomic E-state index is -0.813. The first-order chi connectivity index (χ1) is 13.0. The van der Waals surface area contributed by atoms with E-state index in [4.69, 9.17) is 21.1 Å². The number of esters is 1. The fourth-order valence-corrected chi connectivity index (χ4v) is 4.15. The van der Waals surface area contributed by atoms with Crippen molar-refractivity contribution in [2.45, 2.75) is 31.8 Å². The third-order valence-electron chi connectivity index (χ3n) is 5.48. The molecule has 1 aliphatic heterocycles. The Labute approximate surface area is 163 Å². The number of fused-ring (bicyclic) bond motifs is 1. The molecule has 0 radical (unpaired) electrons. The lowest BCUT2D eigenvalue weighted by Gasteiger charge is -2.35. The predicted molar refractivity (Wildman–Crippen MR) is 104 cm³/mol. The van der Waals surface area contributed by atoms with Gasteiger partial charge in [0.2, 0.25) is 0 Å². The fourth-order valence-electron chi connectivity index (χ4n) is 3.87. The molecule has 1 aliphatic rings. The van der Waals surface area contributed by atoms with Crippen molar-refractivity contribution in [1.29, 1.82) is 0 Å². The lowest BCUT2D eigenvalue weighted by atomic mass is 9.74. The number of halogens is 1. The molecule has 1 aromatic heterocycles. The van der Waals surface area contributed by atoms with E-state index in [1.807, 2.05) is 18.2 Å². The lowest BCUT2D eigenvalue weighted by molar-refractivity contribution is -0.155. The number of hydrogen-bond donors (Lipinski definition) is 2. The normalized spacial score (nSPS) is 17.5. The molecule has 0 bridgehead atoms. The molecule has 27 heavy (non-hydrogen) atoms. The van der Waals surface area contributed by atoms with Crippen molar-refractivity contribution < 1.29 is 19.4 Å². The van der Waals surface area contributed by atoms with E-state index < -0.39 is 11.5 Å². The summed E-state index contributed by atoms with van der Waals surface area (Å²) in [6.45, 7) is 1.53. The summed E-state index contributed by atoms with van der Waals surface area (Å²) in [5.41, 5.74) is 0.793. The molecule has 7 heteroatoms. The van der Waals surface area contributed by atoms with Crippen LogP contribution in [0.4, 0.5) is 0 Å². The monoisotopic (exact) mass is 392 g/mol. The Balaban J connectivity index is 1.88. The molecule has 1 fully saturated rings. The van der Waals surface area contributed by atoms with Crippen LogP contribution in [0.3, 0.4) is 0 Å². The minimum absolute atomic E-state index is 0.205. The van der Waals surface area contributed by atoms with E-state index in [1.54, 1.807) is 13.3 Å². The summed E-state index contributed by atoms with van der Waals surface area (Å²) in [5.74, 6) is 0.466. The predicted octanol–water partition coefficient (Wildman–Crippen LogP) is 3.25. The maximum absolute atomic E-state index is 12.4. The molecule has 3 rings (SSSR count). The van der Waals surface area contributed by atoms with E-state index in [0.717, 1.165) is 24.0 Å². The van der Waals surface area contributed by atoms with Gasteiger partial charge in [-0.15, -0.1) is 0 Å². The molecular weight excluding hydrogens is 368 g/mol. The number of carbonyl (C=O) groups is 1. The van der Waals surface area contributed by atoms with Crippen LogP contribution in [0.5, 0.6) is 5.75 Å². The summed E-state index contributed by atoms with van der Waals surface area (Å²) in [4.78, 5) is 16.7. The first-order valence-electron chi connectivity index (χ1n) is 9.10. The number of benzene rings is 1. The van der Waals surface area contributed by atoms with E-state index in [0.29, 0.717) is 42.0 Å². The number of piperidine rings is 1. The van der Waals surface area contributed by atoms with Crippen molar-refractivity contribution in [3.8, 4) is 5.75 Å². The van der Waals surface area contributed by atoms with Crippen molar-refractivity contribution in [1.82, 2.24) is 10.3 Å². The third kappa shape index (κ3) is 4.03. The second kappa shape index (κ2) is 8.42. The van der Waals surface area contributed by atoms with Gasteiger partial charge in [-0.05, 0) is 57.0 Å². The summed E-state index contributed by atoms with van der Waals surface area (Å²) < 4.78 is 10.3. The van der Waals surface area contributed by atoms with Gasteiger partial charge in [0.15, 0.2) is 0 Å². The molecule has 2 N–H and O–H groups in total. The van der Waals surface area contributed by atoms with Crippen molar-refractivity contribution in [3.63, 3.8) is 0 Å². The van der Waals surface area contributed by atoms with Crippen molar-refractivity contribution >= 4 is 28.5 Å². The molecule has 6 nitrogen and oxygen atoms in total. The molecule has 146 valence electrons. The second-order valence-corrected chi connectivity index (χ2v) is 7.39. The lowest BCUT2D eigenvalue weighted by Crippen LogP contribution is -2.43. The number of methoxy groups -OCH3 is 2. The van der Waals surface area contributed by atoms with Gasteiger partial charge in [0.05, 0.1) is 36.3 Å². The van der Waals surface area contributed by atoms with Crippen LogP contribution in [0.2, 0.25) is 5.02 Å². The zero-order valence-electron chi connectivity index (χ0n) is 15.6. The van der Waals surface area contributed by atoms with Crippen LogP contribution in [0.1, 0.15) is 37.4 Å². The van der Waals surface area contributed by atoms with Gasteiger partial charge in [0.1, 0.15) is 5.75 Å². The van der Waals surface area contributed by atoms with Gasteiger partial charge in [-0.1, -0.05) is 11.6 Å². The van der Waals surface area contributed by atoms with Gasteiger partial charge in [0.25, 0.3) is 0 Å². The maximum Gasteiger partial charge on any atom is 0.311 e. The summed E-state index contributed by atoms with van der Waals surface area (Å²) in [5, 5.41) is 15.4. The van der Waals surface area contributed by atoms with E-state index in [2.05, 4.69) is 10.3 Å². The minimum Gasteiger partial charge on any atom is -0.497 e. The Morgan fingerprint density at radius 3 is 2.78 bits per heavy atom. The number of nitrogens with zero attached hydrogens (tertiary/aromatic N) is 1. The third-order valence-corrected chi connectivity index (χ3v) is 5.78. The zero-order valence-corrected chi connectivity index (χ0v) is 16.4. The molecule has 0 spiro atoms. The van der Waals surface area contributed by atoms with Crippen LogP contribution in [0.15, 0.2) is 24.4 Å².